The number of hydrogen-bond donors (Lipinski definition) is 1. The van der Waals surface area contributed by atoms with E-state index in [0.717, 1.165) is 0 Å². The van der Waals surface area contributed by atoms with E-state index in [1.54, 1.807) is 0 Å². The molecule has 2 aromatic heterocycles. The number of nitrogens with one attached hydrogen (secondary N) is 1. The zero-order chi connectivity index (χ0) is 13.6. The normalized spacial score (nSPS) is 12.2. The summed E-state index contributed by atoms with van der Waals surface area (Å²) in [6, 6.07) is 5.41. The third-order valence-electron chi connectivity index (χ3n) is 2.86. The summed E-state index contributed by atoms with van der Waals surface area (Å²) in [5, 5.41) is 1.83. The molecule has 0 saturated heterocycles. The number of aromatic nitrogens is 1. The molecule has 2 heterocycles. The first-order valence-corrected chi connectivity index (χ1v) is 6.26. The summed E-state index contributed by atoms with van der Waals surface area (Å²) in [6.45, 7) is 0. The average molecular weight is 285 g/mol. The first kappa shape index (κ1) is 12.2. The molecule has 98 valence electrons. The fourth-order valence-electron chi connectivity index (χ4n) is 2.06. The molecule has 0 unspecified atom stereocenters. The lowest BCUT2D eigenvalue weighted by Crippen LogP contribution is -2.03. The molecule has 3 aromatic rings. The number of aromatic amines is 1. The highest BCUT2D eigenvalue weighted by Crippen LogP contribution is 2.42. The van der Waals surface area contributed by atoms with Crippen molar-refractivity contribution in [3.8, 4) is 11.1 Å². The number of thiophene rings is 1. The van der Waals surface area contributed by atoms with Gasteiger partial charge < -0.3 is 4.98 Å². The minimum absolute atomic E-state index is 0.0781. The van der Waals surface area contributed by atoms with Gasteiger partial charge in [0, 0.05) is 28.2 Å². The monoisotopic (exact) mass is 285 g/mol. The van der Waals surface area contributed by atoms with Gasteiger partial charge in [0.05, 0.1) is 0 Å². The van der Waals surface area contributed by atoms with Gasteiger partial charge in [-0.1, -0.05) is 0 Å². The molecule has 0 spiro atoms. The van der Waals surface area contributed by atoms with Gasteiger partial charge in [-0.2, -0.15) is 13.2 Å². The van der Waals surface area contributed by atoms with Gasteiger partial charge in [0.2, 0.25) is 0 Å². The fourth-order valence-corrected chi connectivity index (χ4v) is 2.84. The van der Waals surface area contributed by atoms with E-state index in [0.29, 0.717) is 27.8 Å². The van der Waals surface area contributed by atoms with Crippen LogP contribution in [0.2, 0.25) is 0 Å². The summed E-state index contributed by atoms with van der Waals surface area (Å²) in [5.74, 6) is -0.475. The Morgan fingerprint density at radius 3 is 2.58 bits per heavy atom. The summed E-state index contributed by atoms with van der Waals surface area (Å²) < 4.78 is 51.9. The van der Waals surface area contributed by atoms with Gasteiger partial charge >= 0.3 is 6.18 Å². The van der Waals surface area contributed by atoms with Gasteiger partial charge in [0.1, 0.15) is 10.7 Å². The first-order valence-electron chi connectivity index (χ1n) is 5.38. The number of fused-ring (bicyclic) bond motifs is 1. The van der Waals surface area contributed by atoms with Crippen molar-refractivity contribution in [2.45, 2.75) is 6.18 Å². The SMILES string of the molecule is Fc1ccc2[nH]cc(-c3ccsc3C(F)(F)F)c2c1. The van der Waals surface area contributed by atoms with Gasteiger partial charge in [-0.3, -0.25) is 0 Å². The van der Waals surface area contributed by atoms with Crippen LogP contribution in [0.4, 0.5) is 17.6 Å². The Kier molecular flexibility index (Phi) is 2.63. The molecule has 0 atom stereocenters. The maximum absolute atomic E-state index is 13.2. The number of hydrogen-bond acceptors (Lipinski definition) is 1. The number of halogens is 4. The highest BCUT2D eigenvalue weighted by molar-refractivity contribution is 7.10. The Balaban J connectivity index is 2.26. The van der Waals surface area contributed by atoms with Gasteiger partial charge in [-0.25, -0.2) is 4.39 Å². The molecular weight excluding hydrogens is 278 g/mol. The predicted octanol–water partition coefficient (Wildman–Crippen LogP) is 5.05. The zero-order valence-electron chi connectivity index (χ0n) is 9.38. The third-order valence-corrected chi connectivity index (χ3v) is 3.82. The van der Waals surface area contributed by atoms with Gasteiger partial charge in [0.25, 0.3) is 0 Å². The summed E-state index contributed by atoms with van der Waals surface area (Å²) in [7, 11) is 0. The van der Waals surface area contributed by atoms with E-state index in [1.807, 2.05) is 0 Å². The molecule has 1 N–H and O–H groups in total. The Bertz CT molecular complexity index is 739. The van der Waals surface area contributed by atoms with Crippen LogP contribution in [0.5, 0.6) is 0 Å². The Morgan fingerprint density at radius 2 is 1.84 bits per heavy atom. The van der Waals surface area contributed by atoms with Crippen LogP contribution in [0.3, 0.4) is 0 Å². The van der Waals surface area contributed by atoms with Crippen molar-refractivity contribution in [3.05, 3.63) is 46.5 Å². The molecular formula is C13H7F4NS. The third kappa shape index (κ3) is 2.02. The number of H-pyrrole nitrogens is 1. The fraction of sp³-hybridized carbons (Fsp3) is 0.0769. The van der Waals surface area contributed by atoms with E-state index in [9.17, 15) is 17.6 Å². The molecule has 1 aromatic carbocycles. The van der Waals surface area contributed by atoms with E-state index < -0.39 is 16.9 Å². The largest absolute Gasteiger partial charge is 0.426 e. The molecule has 0 bridgehead atoms. The summed E-state index contributed by atoms with van der Waals surface area (Å²) in [5.41, 5.74) is 1.05. The molecule has 0 aliphatic carbocycles. The molecule has 0 saturated carbocycles. The second-order valence-electron chi connectivity index (χ2n) is 4.05. The van der Waals surface area contributed by atoms with E-state index in [2.05, 4.69) is 4.98 Å². The quantitative estimate of drug-likeness (QED) is 0.602. The number of alkyl halides is 3. The van der Waals surface area contributed by atoms with Crippen LogP contribution < -0.4 is 0 Å². The average Bonchev–Trinajstić information content (AvgIpc) is 2.91. The number of benzene rings is 1. The molecule has 6 heteroatoms. The second kappa shape index (κ2) is 4.09. The maximum Gasteiger partial charge on any atom is 0.426 e. The van der Waals surface area contributed by atoms with Crippen molar-refractivity contribution >= 4 is 22.2 Å². The summed E-state index contributed by atoms with van der Waals surface area (Å²) >= 11 is 0.635. The lowest BCUT2D eigenvalue weighted by atomic mass is 10.1. The molecule has 0 amide bonds. The van der Waals surface area contributed by atoms with E-state index >= 15 is 0 Å². The molecule has 19 heavy (non-hydrogen) atoms. The predicted molar refractivity (Wildman–Crippen MR) is 66.6 cm³/mol. The second-order valence-corrected chi connectivity index (χ2v) is 4.97. The van der Waals surface area contributed by atoms with E-state index in [1.165, 1.54) is 35.8 Å². The van der Waals surface area contributed by atoms with Crippen LogP contribution in [0.1, 0.15) is 4.88 Å². The lowest BCUT2D eigenvalue weighted by molar-refractivity contribution is -0.133. The van der Waals surface area contributed by atoms with Gasteiger partial charge in [-0.15, -0.1) is 11.3 Å². The Hall–Kier alpha value is -1.82. The van der Waals surface area contributed by atoms with E-state index in [4.69, 9.17) is 0 Å². The molecule has 0 fully saturated rings. The molecule has 1 nitrogen and oxygen atoms in total. The standard InChI is InChI=1S/C13H7F4NS/c14-7-1-2-11-9(5-7)10(6-18-11)8-3-4-19-12(8)13(15,16)17/h1-6,18H. The van der Waals surface area contributed by atoms with Crippen LogP contribution in [0.25, 0.3) is 22.0 Å². The smallest absolute Gasteiger partial charge is 0.361 e. The molecule has 0 radical (unpaired) electrons. The lowest BCUT2D eigenvalue weighted by Gasteiger charge is -2.06. The Labute approximate surface area is 109 Å². The number of rotatable bonds is 1. The van der Waals surface area contributed by atoms with Crippen molar-refractivity contribution in [2.75, 3.05) is 0 Å². The van der Waals surface area contributed by atoms with Crippen LogP contribution in [0, 0.1) is 5.82 Å². The van der Waals surface area contributed by atoms with Crippen LogP contribution in [-0.4, -0.2) is 4.98 Å². The van der Waals surface area contributed by atoms with E-state index in [-0.39, 0.29) is 5.56 Å². The molecule has 0 aliphatic heterocycles. The van der Waals surface area contributed by atoms with Gasteiger partial charge in [-0.05, 0) is 29.6 Å². The topological polar surface area (TPSA) is 15.8 Å². The van der Waals surface area contributed by atoms with Crippen molar-refractivity contribution in [1.82, 2.24) is 4.98 Å². The first-order chi connectivity index (χ1) is 8.97. The summed E-state index contributed by atoms with van der Waals surface area (Å²) in [6.07, 6.45) is -2.93. The molecule has 3 rings (SSSR count). The zero-order valence-corrected chi connectivity index (χ0v) is 10.2. The van der Waals surface area contributed by atoms with Crippen molar-refractivity contribution in [2.24, 2.45) is 0 Å². The van der Waals surface area contributed by atoms with Crippen molar-refractivity contribution in [1.29, 1.82) is 0 Å². The minimum atomic E-state index is -4.40. The summed E-state index contributed by atoms with van der Waals surface area (Å²) in [4.78, 5) is 2.18. The Morgan fingerprint density at radius 1 is 1.05 bits per heavy atom. The van der Waals surface area contributed by atoms with Crippen LogP contribution >= 0.6 is 11.3 Å². The van der Waals surface area contributed by atoms with Crippen molar-refractivity contribution < 1.29 is 17.6 Å². The molecule has 0 aliphatic rings. The van der Waals surface area contributed by atoms with Crippen LogP contribution in [-0.2, 0) is 6.18 Å². The maximum atomic E-state index is 13.2. The highest BCUT2D eigenvalue weighted by atomic mass is 32.1. The van der Waals surface area contributed by atoms with Crippen molar-refractivity contribution in [3.63, 3.8) is 0 Å². The van der Waals surface area contributed by atoms with Crippen LogP contribution in [0.15, 0.2) is 35.8 Å². The van der Waals surface area contributed by atoms with Gasteiger partial charge in [0.15, 0.2) is 0 Å². The minimum Gasteiger partial charge on any atom is -0.361 e. The highest BCUT2D eigenvalue weighted by Gasteiger charge is 2.35.